The van der Waals surface area contributed by atoms with E-state index >= 15 is 0 Å². The van der Waals surface area contributed by atoms with Crippen molar-refractivity contribution in [1.82, 2.24) is 5.32 Å². The van der Waals surface area contributed by atoms with E-state index < -0.39 is 5.97 Å². The molecule has 3 rings (SSSR count). The molecule has 0 atom stereocenters. The summed E-state index contributed by atoms with van der Waals surface area (Å²) in [5, 5.41) is 12.2. The van der Waals surface area contributed by atoms with E-state index in [0.29, 0.717) is 10.8 Å². The Morgan fingerprint density at radius 2 is 1.64 bits per heavy atom. The number of benzene rings is 2. The average molecular weight is 356 g/mol. The lowest BCUT2D eigenvalue weighted by atomic mass is 10.1. The van der Waals surface area contributed by atoms with Crippen LogP contribution in [0.15, 0.2) is 65.1 Å². The van der Waals surface area contributed by atoms with E-state index in [1.807, 2.05) is 12.1 Å². The minimum atomic E-state index is -0.985. The van der Waals surface area contributed by atoms with Gasteiger partial charge in [0.15, 0.2) is 5.76 Å². The van der Waals surface area contributed by atoms with E-state index in [2.05, 4.69) is 5.32 Å². The molecule has 0 spiro atoms. The zero-order chi connectivity index (χ0) is 17.8. The van der Waals surface area contributed by atoms with E-state index in [9.17, 15) is 9.59 Å². The predicted molar refractivity (Wildman–Crippen MR) is 93.7 cm³/mol. The summed E-state index contributed by atoms with van der Waals surface area (Å²) in [5.41, 5.74) is 1.82. The van der Waals surface area contributed by atoms with Crippen LogP contribution in [0, 0.1) is 0 Å². The molecule has 6 heteroatoms. The first-order valence-electron chi connectivity index (χ1n) is 7.49. The number of halogens is 1. The van der Waals surface area contributed by atoms with E-state index in [4.69, 9.17) is 21.1 Å². The summed E-state index contributed by atoms with van der Waals surface area (Å²) >= 11 is 5.85. The van der Waals surface area contributed by atoms with Gasteiger partial charge >= 0.3 is 5.97 Å². The average Bonchev–Trinajstić information content (AvgIpc) is 3.11. The van der Waals surface area contributed by atoms with Gasteiger partial charge in [-0.3, -0.25) is 4.79 Å². The summed E-state index contributed by atoms with van der Waals surface area (Å²) in [5.74, 6) is -0.553. The van der Waals surface area contributed by atoms with Crippen LogP contribution in [0.4, 0.5) is 0 Å². The molecule has 25 heavy (non-hydrogen) atoms. The van der Waals surface area contributed by atoms with E-state index in [0.717, 1.165) is 11.1 Å². The van der Waals surface area contributed by atoms with Gasteiger partial charge in [-0.25, -0.2) is 4.79 Å². The lowest BCUT2D eigenvalue weighted by Gasteiger charge is -2.04. The second kappa shape index (κ2) is 7.23. The van der Waals surface area contributed by atoms with Gasteiger partial charge in [-0.1, -0.05) is 23.7 Å². The standard InChI is InChI=1S/C19H14ClNO4/c20-15-7-5-13(6-8-15)16-9-10-17(25-16)18(22)21-11-12-1-3-14(4-2-12)19(23)24/h1-10H,11H2,(H,21,22)(H,23,24). The van der Waals surface area contributed by atoms with Crippen LogP contribution in [-0.2, 0) is 6.54 Å². The number of nitrogens with one attached hydrogen (secondary N) is 1. The predicted octanol–water partition coefficient (Wildman–Crippen LogP) is 4.23. The second-order valence-corrected chi connectivity index (χ2v) is 5.79. The van der Waals surface area contributed by atoms with Gasteiger partial charge in [0.25, 0.3) is 5.91 Å². The number of carboxylic acids is 1. The van der Waals surface area contributed by atoms with Crippen LogP contribution < -0.4 is 5.32 Å². The molecule has 1 amide bonds. The molecule has 0 aliphatic carbocycles. The van der Waals surface area contributed by atoms with E-state index in [1.165, 1.54) is 12.1 Å². The first kappa shape index (κ1) is 16.8. The molecule has 0 aliphatic heterocycles. The summed E-state index contributed by atoms with van der Waals surface area (Å²) < 4.78 is 5.58. The van der Waals surface area contributed by atoms with Crippen molar-refractivity contribution >= 4 is 23.5 Å². The Balaban J connectivity index is 1.63. The molecule has 0 saturated carbocycles. The molecule has 1 heterocycles. The van der Waals surface area contributed by atoms with Crippen LogP contribution in [0.3, 0.4) is 0 Å². The summed E-state index contributed by atoms with van der Waals surface area (Å²) in [6.07, 6.45) is 0. The monoisotopic (exact) mass is 355 g/mol. The van der Waals surface area contributed by atoms with Crippen molar-refractivity contribution in [3.63, 3.8) is 0 Å². The fourth-order valence-corrected chi connectivity index (χ4v) is 2.39. The van der Waals surface area contributed by atoms with Crippen LogP contribution in [0.1, 0.15) is 26.5 Å². The number of hydrogen-bond donors (Lipinski definition) is 2. The topological polar surface area (TPSA) is 79.5 Å². The van der Waals surface area contributed by atoms with Crippen LogP contribution in [0.25, 0.3) is 11.3 Å². The number of aromatic carboxylic acids is 1. The van der Waals surface area contributed by atoms with Crippen molar-refractivity contribution in [1.29, 1.82) is 0 Å². The lowest BCUT2D eigenvalue weighted by molar-refractivity contribution is 0.0696. The largest absolute Gasteiger partial charge is 0.478 e. The lowest BCUT2D eigenvalue weighted by Crippen LogP contribution is -2.22. The fourth-order valence-electron chi connectivity index (χ4n) is 2.26. The third kappa shape index (κ3) is 4.08. The molecule has 0 bridgehead atoms. The minimum Gasteiger partial charge on any atom is -0.478 e. The number of amides is 1. The number of carbonyl (C=O) groups is 2. The van der Waals surface area contributed by atoms with Gasteiger partial charge in [-0.05, 0) is 54.1 Å². The van der Waals surface area contributed by atoms with Crippen molar-refractivity contribution in [2.75, 3.05) is 0 Å². The smallest absolute Gasteiger partial charge is 0.335 e. The maximum atomic E-state index is 12.2. The molecule has 0 fully saturated rings. The highest BCUT2D eigenvalue weighted by Gasteiger charge is 2.12. The highest BCUT2D eigenvalue weighted by atomic mass is 35.5. The summed E-state index contributed by atoms with van der Waals surface area (Å²) in [4.78, 5) is 23.0. The molecule has 0 radical (unpaired) electrons. The maximum Gasteiger partial charge on any atom is 0.335 e. The van der Waals surface area contributed by atoms with Crippen molar-refractivity contribution in [3.8, 4) is 11.3 Å². The quantitative estimate of drug-likeness (QED) is 0.717. The number of hydrogen-bond acceptors (Lipinski definition) is 3. The highest BCUT2D eigenvalue weighted by molar-refractivity contribution is 6.30. The first-order chi connectivity index (χ1) is 12.0. The molecule has 1 aromatic heterocycles. The Bertz CT molecular complexity index is 898. The zero-order valence-electron chi connectivity index (χ0n) is 13.0. The van der Waals surface area contributed by atoms with Gasteiger partial charge in [-0.15, -0.1) is 0 Å². The molecular weight excluding hydrogens is 342 g/mol. The molecule has 126 valence electrons. The third-order valence-corrected chi connectivity index (χ3v) is 3.86. The van der Waals surface area contributed by atoms with Crippen LogP contribution >= 0.6 is 11.6 Å². The highest BCUT2D eigenvalue weighted by Crippen LogP contribution is 2.23. The van der Waals surface area contributed by atoms with E-state index in [1.54, 1.807) is 36.4 Å². The normalized spacial score (nSPS) is 10.4. The molecule has 0 unspecified atom stereocenters. The Morgan fingerprint density at radius 1 is 0.960 bits per heavy atom. The maximum absolute atomic E-state index is 12.2. The number of furan rings is 1. The van der Waals surface area contributed by atoms with Crippen molar-refractivity contribution in [3.05, 3.63) is 82.6 Å². The molecule has 2 aromatic carbocycles. The number of carbonyl (C=O) groups excluding carboxylic acids is 1. The third-order valence-electron chi connectivity index (χ3n) is 3.61. The molecular formula is C19H14ClNO4. The molecule has 2 N–H and O–H groups in total. The van der Waals surface area contributed by atoms with Gasteiger partial charge < -0.3 is 14.8 Å². The fraction of sp³-hybridized carbons (Fsp3) is 0.0526. The summed E-state index contributed by atoms with van der Waals surface area (Å²) in [6, 6.07) is 16.8. The number of carboxylic acid groups (broad SMARTS) is 1. The molecule has 5 nitrogen and oxygen atoms in total. The van der Waals surface area contributed by atoms with E-state index in [-0.39, 0.29) is 23.8 Å². The van der Waals surface area contributed by atoms with Crippen molar-refractivity contribution in [2.45, 2.75) is 6.54 Å². The second-order valence-electron chi connectivity index (χ2n) is 5.36. The molecule has 3 aromatic rings. The Hall–Kier alpha value is -3.05. The zero-order valence-corrected chi connectivity index (χ0v) is 13.8. The van der Waals surface area contributed by atoms with Gasteiger partial charge in [0.1, 0.15) is 5.76 Å². The summed E-state index contributed by atoms with van der Waals surface area (Å²) in [7, 11) is 0. The first-order valence-corrected chi connectivity index (χ1v) is 7.87. The molecule has 0 aliphatic rings. The summed E-state index contributed by atoms with van der Waals surface area (Å²) in [6.45, 7) is 0.274. The van der Waals surface area contributed by atoms with Crippen LogP contribution in [-0.4, -0.2) is 17.0 Å². The SMILES string of the molecule is O=C(O)c1ccc(CNC(=O)c2ccc(-c3ccc(Cl)cc3)o2)cc1. The van der Waals surface area contributed by atoms with Crippen molar-refractivity contribution in [2.24, 2.45) is 0 Å². The van der Waals surface area contributed by atoms with Crippen LogP contribution in [0.5, 0.6) is 0 Å². The van der Waals surface area contributed by atoms with Gasteiger partial charge in [0.05, 0.1) is 5.56 Å². The van der Waals surface area contributed by atoms with Gasteiger partial charge in [0.2, 0.25) is 0 Å². The molecule has 0 saturated heterocycles. The number of rotatable bonds is 5. The Labute approximate surface area is 148 Å². The van der Waals surface area contributed by atoms with Gasteiger partial charge in [0, 0.05) is 17.1 Å². The van der Waals surface area contributed by atoms with Crippen molar-refractivity contribution < 1.29 is 19.1 Å². The van der Waals surface area contributed by atoms with Crippen LogP contribution in [0.2, 0.25) is 5.02 Å². The Morgan fingerprint density at radius 3 is 2.28 bits per heavy atom. The minimum absolute atomic E-state index is 0.201. The van der Waals surface area contributed by atoms with Gasteiger partial charge in [-0.2, -0.15) is 0 Å². The Kier molecular flexibility index (Phi) is 4.86.